The Bertz CT molecular complexity index is 1080. The van der Waals surface area contributed by atoms with E-state index in [1.165, 1.54) is 4.90 Å². The summed E-state index contributed by atoms with van der Waals surface area (Å²) in [4.78, 5) is 44.5. The molecule has 0 aliphatic carbocycles. The summed E-state index contributed by atoms with van der Waals surface area (Å²) < 4.78 is 11.5. The number of fused-ring (bicyclic) bond motifs is 1. The highest BCUT2D eigenvalue weighted by Crippen LogP contribution is 2.27. The van der Waals surface area contributed by atoms with Crippen molar-refractivity contribution in [1.29, 1.82) is 0 Å². The van der Waals surface area contributed by atoms with E-state index in [0.717, 1.165) is 39.1 Å². The minimum absolute atomic E-state index is 0.0885. The van der Waals surface area contributed by atoms with Crippen molar-refractivity contribution in [2.45, 2.75) is 32.4 Å². The lowest BCUT2D eigenvalue weighted by Crippen LogP contribution is -2.50. The van der Waals surface area contributed by atoms with Crippen molar-refractivity contribution < 1.29 is 23.9 Å². The van der Waals surface area contributed by atoms with Crippen LogP contribution >= 0.6 is 0 Å². The Kier molecular flexibility index (Phi) is 6.83. The summed E-state index contributed by atoms with van der Waals surface area (Å²) in [7, 11) is 0. The lowest BCUT2D eigenvalue weighted by molar-refractivity contribution is 0.0430. The second-order valence-corrected chi connectivity index (χ2v) is 9.23. The molecule has 0 saturated carbocycles. The monoisotopic (exact) mass is 477 g/mol. The number of hydrogen-bond acceptors (Lipinski definition) is 6. The van der Waals surface area contributed by atoms with Gasteiger partial charge in [-0.25, -0.2) is 0 Å². The normalized spacial score (nSPS) is 20.4. The van der Waals surface area contributed by atoms with Gasteiger partial charge in [0.2, 0.25) is 0 Å². The molecule has 3 amide bonds. The molecule has 0 radical (unpaired) electrons. The quantitative estimate of drug-likeness (QED) is 0.571. The topological polar surface area (TPSA) is 79.4 Å². The fourth-order valence-electron chi connectivity index (χ4n) is 5.07. The predicted molar refractivity (Wildman–Crippen MR) is 130 cm³/mol. The number of benzene rings is 2. The van der Waals surface area contributed by atoms with Gasteiger partial charge in [0.05, 0.1) is 35.9 Å². The maximum atomic E-state index is 13.5. The van der Waals surface area contributed by atoms with Crippen LogP contribution in [-0.2, 0) is 11.3 Å². The summed E-state index contributed by atoms with van der Waals surface area (Å²) in [5.41, 5.74) is 2.01. The Morgan fingerprint density at radius 1 is 1.03 bits per heavy atom. The van der Waals surface area contributed by atoms with Crippen LogP contribution < -0.4 is 4.74 Å². The van der Waals surface area contributed by atoms with Gasteiger partial charge in [-0.2, -0.15) is 0 Å². The summed E-state index contributed by atoms with van der Waals surface area (Å²) in [5, 5.41) is 0. The highest BCUT2D eigenvalue weighted by molar-refractivity contribution is 6.21. The maximum absolute atomic E-state index is 13.5. The molecule has 184 valence electrons. The van der Waals surface area contributed by atoms with Crippen LogP contribution in [0.5, 0.6) is 5.75 Å². The third-order valence-electron chi connectivity index (χ3n) is 6.94. The smallest absolute Gasteiger partial charge is 0.261 e. The second kappa shape index (κ2) is 10.2. The Hall–Kier alpha value is -3.23. The first-order valence-corrected chi connectivity index (χ1v) is 12.4. The molecule has 8 heteroatoms. The highest BCUT2D eigenvalue weighted by Gasteiger charge is 2.35. The van der Waals surface area contributed by atoms with Crippen LogP contribution in [-0.4, -0.2) is 84.5 Å². The summed E-state index contributed by atoms with van der Waals surface area (Å²) >= 11 is 0. The number of carbonyl (C=O) groups excluding carboxylic acids is 3. The van der Waals surface area contributed by atoms with E-state index in [0.29, 0.717) is 53.8 Å². The van der Waals surface area contributed by atoms with Gasteiger partial charge in [0.1, 0.15) is 5.75 Å². The van der Waals surface area contributed by atoms with Crippen molar-refractivity contribution in [1.82, 2.24) is 14.7 Å². The van der Waals surface area contributed by atoms with Gasteiger partial charge in [0.15, 0.2) is 0 Å². The fraction of sp³-hybridized carbons (Fsp3) is 0.444. The van der Waals surface area contributed by atoms with Crippen LogP contribution in [0.15, 0.2) is 42.5 Å². The van der Waals surface area contributed by atoms with E-state index in [2.05, 4.69) is 4.90 Å². The van der Waals surface area contributed by atoms with Gasteiger partial charge in [-0.05, 0) is 49.6 Å². The van der Waals surface area contributed by atoms with E-state index in [1.54, 1.807) is 36.4 Å². The Labute approximate surface area is 205 Å². The Morgan fingerprint density at radius 2 is 1.74 bits per heavy atom. The molecule has 2 fully saturated rings. The van der Waals surface area contributed by atoms with Gasteiger partial charge in [-0.15, -0.1) is 0 Å². The van der Waals surface area contributed by atoms with Crippen LogP contribution in [0.1, 0.15) is 56.4 Å². The zero-order valence-corrected chi connectivity index (χ0v) is 20.1. The zero-order chi connectivity index (χ0) is 24.4. The van der Waals surface area contributed by atoms with Gasteiger partial charge in [-0.3, -0.25) is 24.2 Å². The van der Waals surface area contributed by atoms with Crippen molar-refractivity contribution in [3.8, 4) is 5.75 Å². The molecule has 3 aliphatic rings. The molecule has 35 heavy (non-hydrogen) atoms. The van der Waals surface area contributed by atoms with Crippen molar-refractivity contribution in [2.75, 3.05) is 45.9 Å². The molecule has 1 atom stereocenters. The number of hydrogen-bond donors (Lipinski definition) is 0. The number of ether oxygens (including phenoxy) is 2. The minimum atomic E-state index is -0.310. The molecule has 5 rings (SSSR count). The van der Waals surface area contributed by atoms with Crippen LogP contribution in [0.2, 0.25) is 0 Å². The van der Waals surface area contributed by atoms with Crippen molar-refractivity contribution in [3.05, 3.63) is 64.7 Å². The van der Waals surface area contributed by atoms with E-state index >= 15 is 0 Å². The number of carbonyl (C=O) groups is 3. The maximum Gasteiger partial charge on any atom is 0.261 e. The molecular formula is C27H31N3O5. The first-order chi connectivity index (χ1) is 17.0. The number of rotatable bonds is 7. The number of amides is 3. The van der Waals surface area contributed by atoms with Crippen LogP contribution in [0.4, 0.5) is 0 Å². The molecule has 3 aliphatic heterocycles. The molecule has 2 saturated heterocycles. The van der Waals surface area contributed by atoms with E-state index < -0.39 is 0 Å². The minimum Gasteiger partial charge on any atom is -0.493 e. The summed E-state index contributed by atoms with van der Waals surface area (Å²) in [5.74, 6) is -0.190. The van der Waals surface area contributed by atoms with E-state index in [4.69, 9.17) is 9.47 Å². The molecule has 0 spiro atoms. The summed E-state index contributed by atoms with van der Waals surface area (Å²) in [6.45, 7) is 7.09. The third kappa shape index (κ3) is 4.81. The molecule has 3 heterocycles. The molecule has 1 unspecified atom stereocenters. The summed E-state index contributed by atoms with van der Waals surface area (Å²) in [6, 6.07) is 12.2. The molecule has 0 aromatic heterocycles. The van der Waals surface area contributed by atoms with E-state index in [9.17, 15) is 14.4 Å². The van der Waals surface area contributed by atoms with Crippen molar-refractivity contribution >= 4 is 17.7 Å². The SMILES string of the molecule is CCOc1ccc(CN2C(=O)c3ccccc3C2=O)cc1C(=O)N1CCN(CC2CCCO2)CC1. The Morgan fingerprint density at radius 3 is 2.37 bits per heavy atom. The zero-order valence-electron chi connectivity index (χ0n) is 20.1. The molecule has 2 aromatic rings. The largest absolute Gasteiger partial charge is 0.493 e. The molecule has 2 aromatic carbocycles. The highest BCUT2D eigenvalue weighted by atomic mass is 16.5. The van der Waals surface area contributed by atoms with Crippen molar-refractivity contribution in [2.24, 2.45) is 0 Å². The molecule has 0 bridgehead atoms. The lowest BCUT2D eigenvalue weighted by atomic mass is 10.1. The van der Waals surface area contributed by atoms with Gasteiger partial charge < -0.3 is 14.4 Å². The first kappa shape index (κ1) is 23.5. The van der Waals surface area contributed by atoms with Crippen molar-refractivity contribution in [3.63, 3.8) is 0 Å². The van der Waals surface area contributed by atoms with Crippen LogP contribution in [0.3, 0.4) is 0 Å². The van der Waals surface area contributed by atoms with Gasteiger partial charge in [0, 0.05) is 39.3 Å². The van der Waals surface area contributed by atoms with Crippen LogP contribution in [0, 0.1) is 0 Å². The lowest BCUT2D eigenvalue weighted by Gasteiger charge is -2.36. The van der Waals surface area contributed by atoms with Gasteiger partial charge in [0.25, 0.3) is 17.7 Å². The predicted octanol–water partition coefficient (Wildman–Crippen LogP) is 2.82. The van der Waals surface area contributed by atoms with Gasteiger partial charge in [-0.1, -0.05) is 18.2 Å². The van der Waals surface area contributed by atoms with E-state index in [-0.39, 0.29) is 24.3 Å². The average molecular weight is 478 g/mol. The number of piperazine rings is 1. The summed E-state index contributed by atoms with van der Waals surface area (Å²) in [6.07, 6.45) is 2.54. The first-order valence-electron chi connectivity index (χ1n) is 12.4. The third-order valence-corrected chi connectivity index (χ3v) is 6.94. The molecular weight excluding hydrogens is 446 g/mol. The number of nitrogens with zero attached hydrogens (tertiary/aromatic N) is 3. The molecule has 0 N–H and O–H groups in total. The van der Waals surface area contributed by atoms with Crippen LogP contribution in [0.25, 0.3) is 0 Å². The standard InChI is InChI=1S/C27H31N3O5/c1-2-34-24-10-9-19(17-30-26(32)21-7-3-4-8-22(21)27(30)33)16-23(24)25(31)29-13-11-28(12-14-29)18-20-6-5-15-35-20/h3-4,7-10,16,20H,2,5-6,11-15,17-18H2,1H3. The number of imide groups is 1. The molecule has 8 nitrogen and oxygen atoms in total. The average Bonchev–Trinajstić information content (AvgIpc) is 3.48. The van der Waals surface area contributed by atoms with Gasteiger partial charge >= 0.3 is 0 Å². The fourth-order valence-corrected chi connectivity index (χ4v) is 5.07. The second-order valence-electron chi connectivity index (χ2n) is 9.23. The Balaban J connectivity index is 1.29. The van der Waals surface area contributed by atoms with E-state index in [1.807, 2.05) is 17.9 Å².